The largest absolute Gasteiger partial charge is 0.490 e. The first-order chi connectivity index (χ1) is 11.8. The Morgan fingerprint density at radius 1 is 0.960 bits per heavy atom. The van der Waals surface area contributed by atoms with Crippen LogP contribution in [0.1, 0.15) is 13.8 Å². The van der Waals surface area contributed by atoms with Gasteiger partial charge in [0.05, 0.1) is 18.8 Å². The highest BCUT2D eigenvalue weighted by atomic mass is 32.2. The maximum absolute atomic E-state index is 11.6. The molecule has 0 heterocycles. The summed E-state index contributed by atoms with van der Waals surface area (Å²) in [4.78, 5) is -0.176. The normalized spacial score (nSPS) is 14.1. The molecular weight excluding hydrogens is 344 g/mol. The fraction of sp³-hybridized carbons (Fsp3) is 0.333. The van der Waals surface area contributed by atoms with Gasteiger partial charge in [-0.2, -0.15) is 8.42 Å². The second kappa shape index (κ2) is 8.44. The van der Waals surface area contributed by atoms with Gasteiger partial charge in [0.15, 0.2) is 0 Å². The molecule has 0 spiro atoms. The molecule has 2 rings (SSSR count). The van der Waals surface area contributed by atoms with Gasteiger partial charge in [0.25, 0.3) is 10.1 Å². The Kier molecular flexibility index (Phi) is 6.55. The van der Waals surface area contributed by atoms with Crippen molar-refractivity contribution in [1.82, 2.24) is 0 Å². The lowest BCUT2D eigenvalue weighted by Crippen LogP contribution is -2.22. The van der Waals surface area contributed by atoms with Gasteiger partial charge in [0.2, 0.25) is 0 Å². The summed E-state index contributed by atoms with van der Waals surface area (Å²) in [5, 5.41) is 9.24. The van der Waals surface area contributed by atoms with E-state index in [1.54, 1.807) is 49.4 Å². The van der Waals surface area contributed by atoms with Gasteiger partial charge in [-0.05, 0) is 26.0 Å². The number of rotatable bonds is 8. The van der Waals surface area contributed by atoms with Crippen molar-refractivity contribution in [3.63, 3.8) is 0 Å². The third-order valence-electron chi connectivity index (χ3n) is 3.44. The lowest BCUT2D eigenvalue weighted by Gasteiger charge is -2.18. The molecule has 0 aromatic heterocycles. The van der Waals surface area contributed by atoms with E-state index in [1.165, 1.54) is 6.07 Å². The molecule has 6 nitrogen and oxygen atoms in total. The van der Waals surface area contributed by atoms with E-state index in [1.807, 2.05) is 6.92 Å². The van der Waals surface area contributed by atoms with Crippen LogP contribution >= 0.6 is 0 Å². The van der Waals surface area contributed by atoms with Crippen LogP contribution in [0.15, 0.2) is 53.4 Å². The Hall–Kier alpha value is -1.93. The minimum Gasteiger partial charge on any atom is -0.490 e. The Bertz CT molecular complexity index is 801. The summed E-state index contributed by atoms with van der Waals surface area (Å²) in [5.41, 5.74) is 0.914. The van der Waals surface area contributed by atoms with Crippen molar-refractivity contribution in [1.29, 1.82) is 0 Å². The molecule has 0 saturated carbocycles. The number of hydrogen-bond donors (Lipinski definition) is 2. The van der Waals surface area contributed by atoms with Crippen molar-refractivity contribution in [2.75, 3.05) is 13.2 Å². The highest BCUT2D eigenvalue weighted by Gasteiger charge is 2.18. The monoisotopic (exact) mass is 366 g/mol. The average molecular weight is 366 g/mol. The summed E-state index contributed by atoms with van der Waals surface area (Å²) in [6.45, 7) is 3.89. The number of para-hydroxylation sites is 1. The van der Waals surface area contributed by atoms with Crippen molar-refractivity contribution >= 4 is 10.1 Å². The molecule has 2 aromatic carbocycles. The summed E-state index contributed by atoms with van der Waals surface area (Å²) < 4.78 is 43.9. The maximum atomic E-state index is 11.6. The van der Waals surface area contributed by atoms with E-state index in [-0.39, 0.29) is 24.2 Å². The highest BCUT2D eigenvalue weighted by molar-refractivity contribution is 7.86. The first-order valence-electron chi connectivity index (χ1n) is 7.87. The standard InChI is InChI=1S/C18H22O6S/c1-13(19)11-23-14(2)12-24-17-9-5-3-7-15(17)16-8-4-6-10-18(16)25(20,21)22/h3-10,13-14,19H,11-12H2,1-2H3,(H,20,21,22). The summed E-state index contributed by atoms with van der Waals surface area (Å²) in [6.07, 6.45) is -0.809. The molecule has 0 radical (unpaired) electrons. The molecule has 0 saturated heterocycles. The van der Waals surface area contributed by atoms with Crippen molar-refractivity contribution < 1.29 is 27.6 Å². The summed E-state index contributed by atoms with van der Waals surface area (Å²) >= 11 is 0. The molecule has 25 heavy (non-hydrogen) atoms. The predicted molar refractivity (Wildman–Crippen MR) is 94.3 cm³/mol. The molecule has 2 atom stereocenters. The SMILES string of the molecule is CC(O)COC(C)COc1ccccc1-c1ccccc1S(=O)(=O)O. The Morgan fingerprint density at radius 3 is 2.20 bits per heavy atom. The van der Waals surface area contributed by atoms with E-state index in [0.29, 0.717) is 16.9 Å². The van der Waals surface area contributed by atoms with Crippen LogP contribution < -0.4 is 4.74 Å². The van der Waals surface area contributed by atoms with Gasteiger partial charge in [-0.25, -0.2) is 0 Å². The van der Waals surface area contributed by atoms with E-state index < -0.39 is 16.2 Å². The molecule has 2 unspecified atom stereocenters. The molecule has 2 aromatic rings. The van der Waals surface area contributed by atoms with E-state index in [2.05, 4.69) is 0 Å². The zero-order valence-electron chi connectivity index (χ0n) is 14.1. The molecule has 0 aliphatic heterocycles. The van der Waals surface area contributed by atoms with Gasteiger partial charge in [-0.3, -0.25) is 4.55 Å². The van der Waals surface area contributed by atoms with Crippen molar-refractivity contribution in [3.05, 3.63) is 48.5 Å². The number of aliphatic hydroxyl groups excluding tert-OH is 1. The number of ether oxygens (including phenoxy) is 2. The van der Waals surface area contributed by atoms with Crippen LogP contribution in [0, 0.1) is 0 Å². The highest BCUT2D eigenvalue weighted by Crippen LogP contribution is 2.34. The zero-order valence-corrected chi connectivity index (χ0v) is 14.9. The summed E-state index contributed by atoms with van der Waals surface area (Å²) in [6, 6.07) is 13.2. The third-order valence-corrected chi connectivity index (χ3v) is 4.35. The van der Waals surface area contributed by atoms with Gasteiger partial charge < -0.3 is 14.6 Å². The van der Waals surface area contributed by atoms with Crippen molar-refractivity contribution in [2.45, 2.75) is 31.0 Å². The van der Waals surface area contributed by atoms with Gasteiger partial charge >= 0.3 is 0 Å². The molecular formula is C18H22O6S. The topological polar surface area (TPSA) is 93.1 Å². The molecule has 0 aliphatic rings. The van der Waals surface area contributed by atoms with Gasteiger partial charge in [0, 0.05) is 11.1 Å². The van der Waals surface area contributed by atoms with Crippen LogP contribution in [0.5, 0.6) is 5.75 Å². The Balaban J connectivity index is 2.25. The fourth-order valence-electron chi connectivity index (χ4n) is 2.29. The van der Waals surface area contributed by atoms with Crippen LogP contribution in [0.2, 0.25) is 0 Å². The molecule has 2 N–H and O–H groups in total. The minimum atomic E-state index is -4.36. The zero-order chi connectivity index (χ0) is 18.4. The number of hydrogen-bond acceptors (Lipinski definition) is 5. The van der Waals surface area contributed by atoms with Gasteiger partial charge in [0.1, 0.15) is 17.3 Å². The Labute approximate surface area is 147 Å². The van der Waals surface area contributed by atoms with Gasteiger partial charge in [-0.1, -0.05) is 36.4 Å². The summed E-state index contributed by atoms with van der Waals surface area (Å²) in [5.74, 6) is 0.478. The van der Waals surface area contributed by atoms with Crippen LogP contribution in [-0.2, 0) is 14.9 Å². The summed E-state index contributed by atoms with van der Waals surface area (Å²) in [7, 11) is -4.36. The third kappa shape index (κ3) is 5.54. The maximum Gasteiger partial charge on any atom is 0.295 e. The van der Waals surface area contributed by atoms with E-state index >= 15 is 0 Å². The smallest absolute Gasteiger partial charge is 0.295 e. The molecule has 7 heteroatoms. The van der Waals surface area contributed by atoms with Crippen molar-refractivity contribution in [3.8, 4) is 16.9 Å². The van der Waals surface area contributed by atoms with Crippen LogP contribution in [0.25, 0.3) is 11.1 Å². The first kappa shape index (κ1) is 19.4. The van der Waals surface area contributed by atoms with E-state index in [4.69, 9.17) is 9.47 Å². The lowest BCUT2D eigenvalue weighted by molar-refractivity contribution is -0.0131. The number of aliphatic hydroxyl groups is 1. The molecule has 0 aliphatic carbocycles. The van der Waals surface area contributed by atoms with Crippen LogP contribution in [0.4, 0.5) is 0 Å². The predicted octanol–water partition coefficient (Wildman–Crippen LogP) is 2.77. The number of benzene rings is 2. The fourth-order valence-corrected chi connectivity index (χ4v) is 2.99. The van der Waals surface area contributed by atoms with Crippen LogP contribution in [-0.4, -0.2) is 43.5 Å². The first-order valence-corrected chi connectivity index (χ1v) is 9.31. The average Bonchev–Trinajstić information content (AvgIpc) is 2.57. The van der Waals surface area contributed by atoms with Crippen LogP contribution in [0.3, 0.4) is 0 Å². The molecule has 0 fully saturated rings. The quantitative estimate of drug-likeness (QED) is 0.698. The second-order valence-corrected chi connectivity index (χ2v) is 7.16. The molecule has 0 amide bonds. The van der Waals surface area contributed by atoms with E-state index in [9.17, 15) is 18.1 Å². The lowest BCUT2D eigenvalue weighted by atomic mass is 10.0. The minimum absolute atomic E-state index is 0.176. The van der Waals surface area contributed by atoms with Gasteiger partial charge in [-0.15, -0.1) is 0 Å². The second-order valence-electron chi connectivity index (χ2n) is 5.77. The Morgan fingerprint density at radius 2 is 1.56 bits per heavy atom. The van der Waals surface area contributed by atoms with Crippen molar-refractivity contribution in [2.24, 2.45) is 0 Å². The molecule has 0 bridgehead atoms. The van der Waals surface area contributed by atoms with E-state index in [0.717, 1.165) is 0 Å². The molecule has 136 valence electrons.